The van der Waals surface area contributed by atoms with Crippen molar-refractivity contribution < 1.29 is 37.4 Å². The Morgan fingerprint density at radius 1 is 1.26 bits per heavy atom. The number of hydrogen-bond donors (Lipinski definition) is 3. The maximum atomic E-state index is 13.0. The third kappa shape index (κ3) is 5.70. The summed E-state index contributed by atoms with van der Waals surface area (Å²) in [5.74, 6) is -4.44. The second-order valence-electron chi connectivity index (χ2n) is 9.15. The van der Waals surface area contributed by atoms with Gasteiger partial charge in [0.2, 0.25) is 5.91 Å². The fourth-order valence-electron chi connectivity index (χ4n) is 4.56. The second kappa shape index (κ2) is 10.6. The number of carbonyl (C=O) groups excluding carboxylic acids is 3. The fraction of sp³-hybridized carbons (Fsp3) is 0.375. The van der Waals surface area contributed by atoms with Crippen LogP contribution in [-0.2, 0) is 27.9 Å². The number of carbonyl (C=O) groups is 3. The predicted octanol–water partition coefficient (Wildman–Crippen LogP) is 2.39. The van der Waals surface area contributed by atoms with Crippen molar-refractivity contribution in [3.8, 4) is 16.9 Å². The van der Waals surface area contributed by atoms with Crippen LogP contribution in [0.5, 0.6) is 5.75 Å². The summed E-state index contributed by atoms with van der Waals surface area (Å²) in [4.78, 5) is 53.4. The lowest BCUT2D eigenvalue weighted by atomic mass is 9.92. The molecule has 11 nitrogen and oxygen atoms in total. The Balaban J connectivity index is 1.67. The molecule has 39 heavy (non-hydrogen) atoms. The summed E-state index contributed by atoms with van der Waals surface area (Å²) in [6, 6.07) is 1.72. The Labute approximate surface area is 223 Å². The highest BCUT2D eigenvalue weighted by Gasteiger charge is 2.44. The molecule has 1 fully saturated rings. The molecule has 208 valence electrons. The van der Waals surface area contributed by atoms with E-state index in [4.69, 9.17) is 17.3 Å². The van der Waals surface area contributed by atoms with E-state index in [0.29, 0.717) is 19.3 Å². The largest absolute Gasteiger partial charge is 0.506 e. The van der Waals surface area contributed by atoms with Crippen molar-refractivity contribution in [2.24, 2.45) is 12.8 Å². The molecule has 0 radical (unpaired) electrons. The van der Waals surface area contributed by atoms with Gasteiger partial charge in [0.1, 0.15) is 24.0 Å². The highest BCUT2D eigenvalue weighted by atomic mass is 35.5. The van der Waals surface area contributed by atoms with Gasteiger partial charge in [-0.1, -0.05) is 18.0 Å². The summed E-state index contributed by atoms with van der Waals surface area (Å²) < 4.78 is 45.3. The molecular weight excluding hydrogens is 547 g/mol. The molecular formula is C24H23ClF3N5O6. The zero-order valence-corrected chi connectivity index (χ0v) is 21.2. The number of nitrogens with one attached hydrogen (secondary N) is 1. The molecule has 1 aliphatic carbocycles. The van der Waals surface area contributed by atoms with Gasteiger partial charge in [-0.3, -0.25) is 14.4 Å². The molecule has 0 bridgehead atoms. The zero-order chi connectivity index (χ0) is 28.6. The number of fused-ring (bicyclic) bond motifs is 1. The number of alkyl halides is 3. The molecule has 2 heterocycles. The summed E-state index contributed by atoms with van der Waals surface area (Å²) in [6.07, 6.45) is -2.03. The van der Waals surface area contributed by atoms with E-state index in [1.807, 2.05) is 0 Å². The summed E-state index contributed by atoms with van der Waals surface area (Å²) >= 11 is 6.08. The van der Waals surface area contributed by atoms with Gasteiger partial charge in [-0.05, 0) is 37.0 Å². The van der Waals surface area contributed by atoms with E-state index in [2.05, 4.69) is 15.0 Å². The quantitative estimate of drug-likeness (QED) is 0.384. The Bertz CT molecular complexity index is 1530. The number of primary amides is 1. The first-order chi connectivity index (χ1) is 18.3. The maximum absolute atomic E-state index is 13.0. The van der Waals surface area contributed by atoms with E-state index in [1.165, 1.54) is 40.8 Å². The Morgan fingerprint density at radius 2 is 1.95 bits per heavy atom. The van der Waals surface area contributed by atoms with Crippen LogP contribution in [0.1, 0.15) is 36.0 Å². The molecule has 2 unspecified atom stereocenters. The monoisotopic (exact) mass is 569 g/mol. The lowest BCUT2D eigenvalue weighted by molar-refractivity contribution is -0.207. The lowest BCUT2D eigenvalue weighted by Crippen LogP contribution is -2.49. The van der Waals surface area contributed by atoms with Crippen molar-refractivity contribution in [2.75, 3.05) is 0 Å². The van der Waals surface area contributed by atoms with Crippen LogP contribution in [0.3, 0.4) is 0 Å². The fourth-order valence-corrected chi connectivity index (χ4v) is 4.78. The first-order valence-electron chi connectivity index (χ1n) is 11.7. The smallest absolute Gasteiger partial charge is 0.490 e. The molecule has 0 saturated heterocycles. The third-order valence-electron chi connectivity index (χ3n) is 6.43. The van der Waals surface area contributed by atoms with Crippen molar-refractivity contribution in [1.29, 1.82) is 0 Å². The van der Waals surface area contributed by atoms with Crippen LogP contribution in [0.25, 0.3) is 22.2 Å². The summed E-state index contributed by atoms with van der Waals surface area (Å²) in [6.45, 7) is -0.387. The number of hydrogen-bond acceptors (Lipinski definition) is 7. The molecule has 2 atom stereocenters. The van der Waals surface area contributed by atoms with Gasteiger partial charge >= 0.3 is 12.1 Å². The van der Waals surface area contributed by atoms with Crippen LogP contribution < -0.4 is 16.6 Å². The van der Waals surface area contributed by atoms with Gasteiger partial charge in [0.05, 0.1) is 28.3 Å². The number of aromatic nitrogens is 3. The average Bonchev–Trinajstić information content (AvgIpc) is 3.22. The van der Waals surface area contributed by atoms with Crippen LogP contribution in [0.2, 0.25) is 5.02 Å². The van der Waals surface area contributed by atoms with Crippen molar-refractivity contribution in [3.05, 3.63) is 45.6 Å². The van der Waals surface area contributed by atoms with Crippen molar-refractivity contribution in [2.45, 2.75) is 50.6 Å². The van der Waals surface area contributed by atoms with Crippen molar-refractivity contribution in [3.63, 3.8) is 0 Å². The van der Waals surface area contributed by atoms with Crippen LogP contribution in [0.4, 0.5) is 13.2 Å². The van der Waals surface area contributed by atoms with E-state index in [1.54, 1.807) is 0 Å². The SMILES string of the molecule is Cn1cnc2c(c(-c3cc(Cl)c(O)c(C(N)=O)c3)cn2CC(=O)NC2CCCCC2OC(=O)C(F)(F)F)c1=O. The molecule has 4 N–H and O–H groups in total. The van der Waals surface area contributed by atoms with Gasteiger partial charge in [0, 0.05) is 18.8 Å². The molecule has 0 spiro atoms. The summed E-state index contributed by atoms with van der Waals surface area (Å²) in [5, 5.41) is 12.6. The molecule has 2 aromatic heterocycles. The number of phenols is 1. The third-order valence-corrected chi connectivity index (χ3v) is 6.72. The number of halogens is 4. The number of ether oxygens (including phenoxy) is 1. The number of rotatable bonds is 6. The van der Waals surface area contributed by atoms with Crippen LogP contribution >= 0.6 is 11.6 Å². The number of amides is 2. The minimum absolute atomic E-state index is 0.0830. The number of benzene rings is 1. The topological polar surface area (TPSA) is 159 Å². The number of nitrogens with zero attached hydrogens (tertiary/aromatic N) is 3. The molecule has 1 saturated carbocycles. The van der Waals surface area contributed by atoms with E-state index in [-0.39, 0.29) is 45.7 Å². The standard InChI is InChI=1S/C24H23ClF3N5O6/c1-32-10-30-21-18(22(32)37)13(11-6-12(20(29)36)19(35)14(25)7-11)8-33(21)9-17(34)31-15-4-2-3-5-16(15)39-23(38)24(26,27)28/h6-8,10,15-16,35H,2-5,9H2,1H3,(H2,29,36)(H,31,34). The van der Waals surface area contributed by atoms with E-state index >= 15 is 0 Å². The number of aromatic hydroxyl groups is 1. The highest BCUT2D eigenvalue weighted by molar-refractivity contribution is 6.33. The highest BCUT2D eigenvalue weighted by Crippen LogP contribution is 2.36. The van der Waals surface area contributed by atoms with Crippen LogP contribution in [-0.4, -0.2) is 55.3 Å². The first-order valence-corrected chi connectivity index (χ1v) is 12.1. The number of nitrogens with two attached hydrogens (primary N) is 1. The molecule has 4 rings (SSSR count). The summed E-state index contributed by atoms with van der Waals surface area (Å²) in [7, 11) is 1.46. The molecule has 15 heteroatoms. The van der Waals surface area contributed by atoms with E-state index < -0.39 is 47.4 Å². The molecule has 1 aliphatic rings. The van der Waals surface area contributed by atoms with Gasteiger partial charge in [-0.25, -0.2) is 9.78 Å². The minimum Gasteiger partial charge on any atom is -0.506 e. The Kier molecular flexibility index (Phi) is 7.59. The predicted molar refractivity (Wildman–Crippen MR) is 132 cm³/mol. The molecule has 0 aliphatic heterocycles. The normalized spacial score (nSPS) is 17.7. The maximum Gasteiger partial charge on any atom is 0.490 e. The van der Waals surface area contributed by atoms with Crippen LogP contribution in [0.15, 0.2) is 29.5 Å². The number of esters is 1. The van der Waals surface area contributed by atoms with Gasteiger partial charge in [-0.2, -0.15) is 13.2 Å². The van der Waals surface area contributed by atoms with E-state index in [0.717, 1.165) is 0 Å². The second-order valence-corrected chi connectivity index (χ2v) is 9.56. The lowest BCUT2D eigenvalue weighted by Gasteiger charge is -2.31. The Hall–Kier alpha value is -4.07. The van der Waals surface area contributed by atoms with Gasteiger partial charge < -0.3 is 30.0 Å². The van der Waals surface area contributed by atoms with Crippen molar-refractivity contribution in [1.82, 2.24) is 19.4 Å². The average molecular weight is 570 g/mol. The van der Waals surface area contributed by atoms with Crippen molar-refractivity contribution >= 4 is 40.4 Å². The molecule has 1 aromatic carbocycles. The van der Waals surface area contributed by atoms with E-state index in [9.17, 15) is 37.5 Å². The van der Waals surface area contributed by atoms with Gasteiger partial charge in [0.25, 0.3) is 11.5 Å². The Morgan fingerprint density at radius 3 is 2.62 bits per heavy atom. The zero-order valence-electron chi connectivity index (χ0n) is 20.4. The first kappa shape index (κ1) is 28.0. The minimum atomic E-state index is -5.16. The van der Waals surface area contributed by atoms with Crippen LogP contribution in [0, 0.1) is 0 Å². The number of aryl methyl sites for hydroxylation is 1. The summed E-state index contributed by atoms with van der Waals surface area (Å²) in [5.41, 5.74) is 5.16. The molecule has 2 amide bonds. The van der Waals surface area contributed by atoms with Gasteiger partial charge in [-0.15, -0.1) is 0 Å². The van der Waals surface area contributed by atoms with Gasteiger partial charge in [0.15, 0.2) is 0 Å². The molecule has 3 aromatic rings.